The quantitative estimate of drug-likeness (QED) is 0.860. The van der Waals surface area contributed by atoms with E-state index in [1.807, 2.05) is 7.11 Å². The van der Waals surface area contributed by atoms with Crippen molar-refractivity contribution in [2.24, 2.45) is 5.92 Å². The third-order valence-electron chi connectivity index (χ3n) is 6.64. The Hall–Kier alpha value is -0.910. The molecule has 1 aliphatic carbocycles. The van der Waals surface area contributed by atoms with Crippen LogP contribution < -0.4 is 0 Å². The normalized spacial score (nSPS) is 29.2. The second-order valence-corrected chi connectivity index (χ2v) is 8.42. The lowest BCUT2D eigenvalue weighted by atomic mass is 9.85. The molecule has 0 aromatic carbocycles. The molecule has 0 spiro atoms. The van der Waals surface area contributed by atoms with Crippen molar-refractivity contribution in [1.82, 2.24) is 20.0 Å². The molecule has 3 aliphatic heterocycles. The summed E-state index contributed by atoms with van der Waals surface area (Å²) < 4.78 is 5.32. The Kier molecular flexibility index (Phi) is 5.73. The molecule has 4 fully saturated rings. The molecule has 2 bridgehead atoms. The van der Waals surface area contributed by atoms with Crippen LogP contribution in [-0.2, 0) is 11.3 Å². The average molecular weight is 347 g/mol. The molecule has 0 unspecified atom stereocenters. The van der Waals surface area contributed by atoms with E-state index >= 15 is 0 Å². The minimum absolute atomic E-state index is 0.707. The van der Waals surface area contributed by atoms with Gasteiger partial charge in [-0.25, -0.2) is 0 Å². The first-order chi connectivity index (χ1) is 12.3. The van der Waals surface area contributed by atoms with E-state index in [9.17, 15) is 0 Å². The van der Waals surface area contributed by atoms with E-state index in [1.54, 1.807) is 0 Å². The maximum Gasteiger partial charge on any atom is 0.0589 e. The maximum absolute atomic E-state index is 5.32. The molecule has 1 saturated carbocycles. The van der Waals surface area contributed by atoms with Crippen LogP contribution in [0.5, 0.6) is 0 Å². The molecule has 1 N–H and O–H groups in total. The van der Waals surface area contributed by atoms with Crippen molar-refractivity contribution in [1.29, 1.82) is 0 Å². The van der Waals surface area contributed by atoms with Crippen molar-refractivity contribution >= 4 is 0 Å². The number of rotatable bonds is 6. The molecule has 2 atom stereocenters. The van der Waals surface area contributed by atoms with Crippen LogP contribution in [0.2, 0.25) is 0 Å². The van der Waals surface area contributed by atoms with Crippen molar-refractivity contribution in [3.63, 3.8) is 0 Å². The topological polar surface area (TPSA) is 44.4 Å². The average Bonchev–Trinajstić information content (AvgIpc) is 2.93. The number of ether oxygens (including phenoxy) is 1. The van der Waals surface area contributed by atoms with Gasteiger partial charge in [0.15, 0.2) is 0 Å². The van der Waals surface area contributed by atoms with Crippen LogP contribution in [0, 0.1) is 5.92 Å². The molecule has 0 amide bonds. The van der Waals surface area contributed by atoms with Crippen LogP contribution in [-0.4, -0.2) is 65.9 Å². The summed E-state index contributed by atoms with van der Waals surface area (Å²) in [5.41, 5.74) is 2.89. The Morgan fingerprint density at radius 1 is 1.12 bits per heavy atom. The van der Waals surface area contributed by atoms with Crippen molar-refractivity contribution in [3.8, 4) is 0 Å². The summed E-state index contributed by atoms with van der Waals surface area (Å²) in [6.07, 6.45) is 11.7. The summed E-state index contributed by atoms with van der Waals surface area (Å²) in [5.74, 6) is 1.54. The molecule has 4 aliphatic rings. The van der Waals surface area contributed by atoms with Crippen LogP contribution in [0.4, 0.5) is 0 Å². The zero-order valence-electron chi connectivity index (χ0n) is 15.8. The zero-order chi connectivity index (χ0) is 17.1. The summed E-state index contributed by atoms with van der Waals surface area (Å²) in [5, 5.41) is 7.77. The molecular weight excluding hydrogens is 312 g/mol. The van der Waals surface area contributed by atoms with Gasteiger partial charge in [0, 0.05) is 63.1 Å². The van der Waals surface area contributed by atoms with Gasteiger partial charge in [0.1, 0.15) is 0 Å². The lowest BCUT2D eigenvalue weighted by Gasteiger charge is -2.35. The lowest BCUT2D eigenvalue weighted by molar-refractivity contribution is 0.0867. The largest absolute Gasteiger partial charge is 0.383 e. The molecule has 5 heteroatoms. The maximum atomic E-state index is 5.32. The summed E-state index contributed by atoms with van der Waals surface area (Å²) in [7, 11) is 1.81. The van der Waals surface area contributed by atoms with Crippen LogP contribution >= 0.6 is 0 Å². The Bertz CT molecular complexity index is 540. The lowest BCUT2D eigenvalue weighted by Crippen LogP contribution is -2.45. The molecule has 1 aromatic heterocycles. The van der Waals surface area contributed by atoms with Gasteiger partial charge in [-0.2, -0.15) is 5.10 Å². The van der Waals surface area contributed by atoms with Gasteiger partial charge in [0.05, 0.1) is 12.8 Å². The van der Waals surface area contributed by atoms with Gasteiger partial charge < -0.3 is 4.74 Å². The van der Waals surface area contributed by atoms with Crippen molar-refractivity contribution in [2.45, 2.75) is 63.5 Å². The second-order valence-electron chi connectivity index (χ2n) is 8.42. The molecule has 1 aromatic rings. The van der Waals surface area contributed by atoms with Gasteiger partial charge in [0.25, 0.3) is 0 Å². The third kappa shape index (κ3) is 4.09. The molecule has 5 nitrogen and oxygen atoms in total. The minimum atomic E-state index is 0.707. The number of methoxy groups -OCH3 is 1. The third-order valence-corrected chi connectivity index (χ3v) is 6.64. The standard InChI is InChI=1S/C20H34N4O/c1-25-10-9-24-13-16-7-8-19(24)15-23(12-16)14-18-11-21-22-20(18)17-5-3-2-4-6-17/h11,16-17,19H,2-10,12-15H2,1H3,(H,21,22)/t16-,19+/m0/s1. The molecule has 3 saturated heterocycles. The van der Waals surface area contributed by atoms with Crippen molar-refractivity contribution in [2.75, 3.05) is 39.9 Å². The highest BCUT2D eigenvalue weighted by Crippen LogP contribution is 2.34. The number of nitrogens with zero attached hydrogens (tertiary/aromatic N) is 3. The summed E-state index contributed by atoms with van der Waals surface area (Å²) in [6, 6.07) is 0.707. The van der Waals surface area contributed by atoms with Gasteiger partial charge >= 0.3 is 0 Å². The number of piperidine rings is 1. The van der Waals surface area contributed by atoms with E-state index < -0.39 is 0 Å². The fraction of sp³-hybridized carbons (Fsp3) is 0.850. The number of aromatic nitrogens is 2. The smallest absolute Gasteiger partial charge is 0.0589 e. The molecule has 4 heterocycles. The van der Waals surface area contributed by atoms with Crippen molar-refractivity contribution < 1.29 is 4.74 Å². The first kappa shape index (κ1) is 17.5. The number of H-pyrrole nitrogens is 1. The Morgan fingerprint density at radius 3 is 2.84 bits per heavy atom. The predicted molar refractivity (Wildman–Crippen MR) is 99.7 cm³/mol. The Labute approximate surface area is 152 Å². The molecule has 5 rings (SSSR count). The van der Waals surface area contributed by atoms with Crippen LogP contribution in [0.1, 0.15) is 62.1 Å². The summed E-state index contributed by atoms with van der Waals surface area (Å²) >= 11 is 0. The second kappa shape index (κ2) is 8.19. The number of hydrogen-bond donors (Lipinski definition) is 1. The number of nitrogens with one attached hydrogen (secondary N) is 1. The highest BCUT2D eigenvalue weighted by molar-refractivity contribution is 5.21. The number of fused-ring (bicyclic) bond motifs is 4. The van der Waals surface area contributed by atoms with Gasteiger partial charge in [-0.15, -0.1) is 0 Å². The molecular formula is C20H34N4O. The first-order valence-electron chi connectivity index (χ1n) is 10.3. The monoisotopic (exact) mass is 346 g/mol. The van der Waals surface area contributed by atoms with Crippen LogP contribution in [0.15, 0.2) is 6.20 Å². The van der Waals surface area contributed by atoms with Crippen LogP contribution in [0.3, 0.4) is 0 Å². The van der Waals surface area contributed by atoms with E-state index in [4.69, 9.17) is 4.74 Å². The minimum Gasteiger partial charge on any atom is -0.383 e. The summed E-state index contributed by atoms with van der Waals surface area (Å²) in [6.45, 7) is 6.73. The van der Waals surface area contributed by atoms with E-state index in [0.29, 0.717) is 12.0 Å². The molecule has 25 heavy (non-hydrogen) atoms. The highest BCUT2D eigenvalue weighted by atomic mass is 16.5. The number of aromatic amines is 1. The fourth-order valence-electron chi connectivity index (χ4n) is 5.32. The Morgan fingerprint density at radius 2 is 2.00 bits per heavy atom. The van der Waals surface area contributed by atoms with E-state index in [0.717, 1.165) is 25.6 Å². The first-order valence-corrected chi connectivity index (χ1v) is 10.3. The van der Waals surface area contributed by atoms with E-state index in [-0.39, 0.29) is 0 Å². The van der Waals surface area contributed by atoms with Gasteiger partial charge in [-0.1, -0.05) is 19.3 Å². The van der Waals surface area contributed by atoms with Gasteiger partial charge in [0.2, 0.25) is 0 Å². The predicted octanol–water partition coefficient (Wildman–Crippen LogP) is 3.00. The van der Waals surface area contributed by atoms with Crippen molar-refractivity contribution in [3.05, 3.63) is 17.5 Å². The highest BCUT2D eigenvalue weighted by Gasteiger charge is 2.34. The molecule has 0 radical (unpaired) electrons. The Balaban J connectivity index is 1.41. The van der Waals surface area contributed by atoms with E-state index in [1.165, 1.54) is 75.8 Å². The molecule has 140 valence electrons. The fourth-order valence-corrected chi connectivity index (χ4v) is 5.32. The summed E-state index contributed by atoms with van der Waals surface area (Å²) in [4.78, 5) is 5.38. The zero-order valence-corrected chi connectivity index (χ0v) is 15.8. The van der Waals surface area contributed by atoms with Crippen LogP contribution in [0.25, 0.3) is 0 Å². The van der Waals surface area contributed by atoms with E-state index in [2.05, 4.69) is 26.2 Å². The van der Waals surface area contributed by atoms with Gasteiger partial charge in [-0.05, 0) is 31.6 Å². The van der Waals surface area contributed by atoms with Gasteiger partial charge in [-0.3, -0.25) is 14.9 Å². The SMILES string of the molecule is COCCN1C[C@H]2CC[C@@H]1CN(Cc1cn[nH]c1C1CCCCC1)C2. The number of hydrogen-bond acceptors (Lipinski definition) is 4.